The molecule has 0 spiro atoms. The van der Waals surface area contributed by atoms with E-state index in [0.717, 1.165) is 0 Å². The van der Waals surface area contributed by atoms with E-state index < -0.39 is 8.32 Å². The molecule has 3 nitrogen and oxygen atoms in total. The van der Waals surface area contributed by atoms with Gasteiger partial charge in [0.15, 0.2) is 0 Å². The molecule has 1 atom stereocenters. The van der Waals surface area contributed by atoms with Gasteiger partial charge >= 0.3 is 5.97 Å². The Hall–Kier alpha value is -0.613. The Morgan fingerprint density at radius 2 is 2.00 bits per heavy atom. The van der Waals surface area contributed by atoms with Gasteiger partial charge in [-0.15, -0.1) is 0 Å². The third-order valence-corrected chi connectivity index (χ3v) is 5.24. The van der Waals surface area contributed by atoms with Gasteiger partial charge in [-0.05, 0) is 33.9 Å². The van der Waals surface area contributed by atoms with Crippen molar-refractivity contribution in [2.45, 2.75) is 39.6 Å². The van der Waals surface area contributed by atoms with Crippen LogP contribution in [0.3, 0.4) is 0 Å². The molecule has 0 aliphatic carbocycles. The molecule has 0 saturated carbocycles. The van der Waals surface area contributed by atoms with Gasteiger partial charge in [0.1, 0.15) is 5.73 Å². The predicted octanol–water partition coefficient (Wildman–Crippen LogP) is 2.28. The number of carbonyl (C=O) groups excluding carboxylic acids is 1. The van der Waals surface area contributed by atoms with Crippen LogP contribution in [0.4, 0.5) is 0 Å². The summed E-state index contributed by atoms with van der Waals surface area (Å²) in [5.74, 6) is -0.335. The summed E-state index contributed by atoms with van der Waals surface area (Å²) in [5, 5.41) is 0. The molecule has 14 heavy (non-hydrogen) atoms. The first-order chi connectivity index (χ1) is 6.31. The molecule has 0 fully saturated rings. The number of hydrogen-bond acceptors (Lipinski definition) is 3. The van der Waals surface area contributed by atoms with Crippen molar-refractivity contribution in [2.75, 3.05) is 6.61 Å². The number of ether oxygens (including phenoxy) is 1. The first-order valence-electron chi connectivity index (χ1n) is 4.81. The van der Waals surface area contributed by atoms with Crippen LogP contribution in [0.1, 0.15) is 20.8 Å². The van der Waals surface area contributed by atoms with E-state index in [2.05, 4.69) is 6.58 Å². The molecular weight excluding hydrogens is 196 g/mol. The fourth-order valence-corrected chi connectivity index (χ4v) is 2.26. The highest BCUT2D eigenvalue weighted by Crippen LogP contribution is 2.14. The summed E-state index contributed by atoms with van der Waals surface area (Å²) in [6, 6.07) is 0. The second kappa shape index (κ2) is 5.31. The average molecular weight is 216 g/mol. The van der Waals surface area contributed by atoms with Crippen molar-refractivity contribution < 1.29 is 14.0 Å². The van der Waals surface area contributed by atoms with Gasteiger partial charge in [0.25, 0.3) is 0 Å². The van der Waals surface area contributed by atoms with Crippen LogP contribution in [0, 0.1) is 0 Å². The summed E-state index contributed by atoms with van der Waals surface area (Å²) in [4.78, 5) is 11.2. The van der Waals surface area contributed by atoms with Crippen LogP contribution in [0.25, 0.3) is 0 Å². The lowest BCUT2D eigenvalue weighted by Crippen LogP contribution is -2.45. The third kappa shape index (κ3) is 4.06. The summed E-state index contributed by atoms with van der Waals surface area (Å²) < 4.78 is 10.8. The van der Waals surface area contributed by atoms with Crippen molar-refractivity contribution >= 4 is 14.3 Å². The Balaban J connectivity index is 4.26. The lowest BCUT2D eigenvalue weighted by Gasteiger charge is -2.28. The van der Waals surface area contributed by atoms with Crippen molar-refractivity contribution in [1.82, 2.24) is 0 Å². The minimum absolute atomic E-state index is 0.147. The summed E-state index contributed by atoms with van der Waals surface area (Å²) in [7, 11) is -1.90. The molecule has 0 aromatic carbocycles. The highest BCUT2D eigenvalue weighted by molar-refractivity contribution is 6.72. The first kappa shape index (κ1) is 13.4. The maximum Gasteiger partial charge on any atom is 0.333 e. The normalized spacial score (nSPS) is 13.5. The number of carbonyl (C=O) groups is 1. The Morgan fingerprint density at radius 1 is 1.50 bits per heavy atom. The fraction of sp³-hybridized carbons (Fsp3) is 0.700. The molecule has 0 aromatic rings. The van der Waals surface area contributed by atoms with Crippen molar-refractivity contribution in [3.63, 3.8) is 0 Å². The zero-order valence-electron chi connectivity index (χ0n) is 9.72. The highest BCUT2D eigenvalue weighted by atomic mass is 28.4. The topological polar surface area (TPSA) is 35.5 Å². The van der Waals surface area contributed by atoms with Gasteiger partial charge in [0.05, 0.1) is 0 Å². The van der Waals surface area contributed by atoms with E-state index in [1.807, 2.05) is 26.9 Å². The van der Waals surface area contributed by atoms with Gasteiger partial charge in [-0.2, -0.15) is 0 Å². The van der Waals surface area contributed by atoms with Gasteiger partial charge in [-0.1, -0.05) is 6.58 Å². The molecule has 0 bridgehead atoms. The Morgan fingerprint density at radius 3 is 2.36 bits per heavy atom. The summed E-state index contributed by atoms with van der Waals surface area (Å²) >= 11 is 0. The predicted molar refractivity (Wildman–Crippen MR) is 59.5 cm³/mol. The molecule has 0 rings (SSSR count). The van der Waals surface area contributed by atoms with Crippen LogP contribution in [0.5, 0.6) is 0 Å². The zero-order valence-corrected chi connectivity index (χ0v) is 10.7. The molecule has 0 N–H and O–H groups in total. The lowest BCUT2D eigenvalue weighted by molar-refractivity contribution is -0.141. The smallest absolute Gasteiger partial charge is 0.333 e. The molecule has 0 aliphatic rings. The molecule has 0 aromatic heterocycles. The van der Waals surface area contributed by atoms with E-state index in [0.29, 0.717) is 12.2 Å². The van der Waals surface area contributed by atoms with Crippen molar-refractivity contribution in [2.24, 2.45) is 0 Å². The molecule has 0 aliphatic heterocycles. The van der Waals surface area contributed by atoms with E-state index >= 15 is 0 Å². The zero-order chi connectivity index (χ0) is 11.4. The molecular formula is C10H20O3Si. The van der Waals surface area contributed by atoms with Crippen LogP contribution in [-0.4, -0.2) is 26.6 Å². The standard InChI is InChI=1S/C10H20O3Si/c1-7-12-14(5,6)9(4)13-10(11)8(2)3/h9H,2,7H2,1,3-6H3. The molecule has 0 saturated heterocycles. The number of esters is 1. The number of hydrogen-bond donors (Lipinski definition) is 0. The minimum atomic E-state index is -1.90. The second-order valence-corrected chi connectivity index (χ2v) is 8.17. The first-order valence-corrected chi connectivity index (χ1v) is 7.80. The van der Waals surface area contributed by atoms with Crippen LogP contribution in [0.15, 0.2) is 12.2 Å². The highest BCUT2D eigenvalue weighted by Gasteiger charge is 2.33. The largest absolute Gasteiger partial charge is 0.460 e. The third-order valence-electron chi connectivity index (χ3n) is 2.13. The van der Waals surface area contributed by atoms with Crippen LogP contribution < -0.4 is 0 Å². The van der Waals surface area contributed by atoms with Crippen LogP contribution in [0.2, 0.25) is 13.1 Å². The average Bonchev–Trinajstić information content (AvgIpc) is 2.03. The van der Waals surface area contributed by atoms with E-state index in [1.54, 1.807) is 6.92 Å². The summed E-state index contributed by atoms with van der Waals surface area (Å²) in [6.45, 7) is 13.7. The summed E-state index contributed by atoms with van der Waals surface area (Å²) in [5.41, 5.74) is 0.282. The SMILES string of the molecule is C=C(C)C(=O)OC(C)[Si](C)(C)OCC. The summed E-state index contributed by atoms with van der Waals surface area (Å²) in [6.07, 6.45) is 0. The molecule has 0 heterocycles. The maximum absolute atomic E-state index is 11.2. The van der Waals surface area contributed by atoms with Gasteiger partial charge < -0.3 is 9.16 Å². The van der Waals surface area contributed by atoms with E-state index in [1.165, 1.54) is 0 Å². The van der Waals surface area contributed by atoms with E-state index in [9.17, 15) is 4.79 Å². The minimum Gasteiger partial charge on any atom is -0.460 e. The van der Waals surface area contributed by atoms with Gasteiger partial charge in [-0.3, -0.25) is 0 Å². The molecule has 4 heteroatoms. The van der Waals surface area contributed by atoms with Gasteiger partial charge in [0.2, 0.25) is 8.32 Å². The molecule has 1 unspecified atom stereocenters. The maximum atomic E-state index is 11.2. The van der Waals surface area contributed by atoms with Gasteiger partial charge in [-0.25, -0.2) is 4.79 Å². The van der Waals surface area contributed by atoms with Crippen LogP contribution in [-0.2, 0) is 14.0 Å². The molecule has 0 radical (unpaired) electrons. The molecule has 0 amide bonds. The number of rotatable bonds is 5. The van der Waals surface area contributed by atoms with Crippen LogP contribution >= 0.6 is 0 Å². The van der Waals surface area contributed by atoms with Crippen molar-refractivity contribution in [3.05, 3.63) is 12.2 Å². The van der Waals surface area contributed by atoms with E-state index in [-0.39, 0.29) is 11.7 Å². The Kier molecular flexibility index (Phi) is 5.08. The fourth-order valence-electron chi connectivity index (χ4n) is 0.892. The lowest BCUT2D eigenvalue weighted by atomic mass is 10.4. The Labute approximate surface area is 87.2 Å². The second-order valence-electron chi connectivity index (χ2n) is 3.86. The quantitative estimate of drug-likeness (QED) is 0.402. The Bertz CT molecular complexity index is 223. The van der Waals surface area contributed by atoms with Gasteiger partial charge in [0, 0.05) is 12.2 Å². The molecule has 82 valence electrons. The van der Waals surface area contributed by atoms with E-state index in [4.69, 9.17) is 9.16 Å². The van der Waals surface area contributed by atoms with Crippen molar-refractivity contribution in [3.8, 4) is 0 Å². The van der Waals surface area contributed by atoms with Crippen molar-refractivity contribution in [1.29, 1.82) is 0 Å². The monoisotopic (exact) mass is 216 g/mol.